The topological polar surface area (TPSA) is 12.9 Å². The van der Waals surface area contributed by atoms with E-state index in [-0.39, 0.29) is 5.41 Å². The van der Waals surface area contributed by atoms with Gasteiger partial charge < -0.3 is 0 Å². The van der Waals surface area contributed by atoms with Crippen LogP contribution in [-0.2, 0) is 5.41 Å². The van der Waals surface area contributed by atoms with Gasteiger partial charge in [0, 0.05) is 16.5 Å². The molecule has 0 atom stereocenters. The van der Waals surface area contributed by atoms with Crippen LogP contribution in [-0.4, -0.2) is 4.98 Å². The summed E-state index contributed by atoms with van der Waals surface area (Å²) < 4.78 is 0. The molecule has 0 N–H and O–H groups in total. The van der Waals surface area contributed by atoms with Crippen molar-refractivity contribution < 1.29 is 0 Å². The number of nitrogens with zero attached hydrogens (tertiary/aromatic N) is 1. The minimum Gasteiger partial charge on any atom is -0.253 e. The van der Waals surface area contributed by atoms with Gasteiger partial charge in [-0.3, -0.25) is 4.98 Å². The van der Waals surface area contributed by atoms with Gasteiger partial charge >= 0.3 is 0 Å². The fraction of sp³-hybridized carbons (Fsp3) is 0.125. The third-order valence-electron chi connectivity index (χ3n) is 9.18. The van der Waals surface area contributed by atoms with Gasteiger partial charge in [0.2, 0.25) is 0 Å². The quantitative estimate of drug-likeness (QED) is 0.205. The lowest BCUT2D eigenvalue weighted by atomic mass is 9.68. The molecule has 1 aliphatic carbocycles. The Morgan fingerprint density at radius 2 is 1.10 bits per heavy atom. The molecule has 1 heterocycles. The van der Waals surface area contributed by atoms with Gasteiger partial charge in [-0.1, -0.05) is 116 Å². The summed E-state index contributed by atoms with van der Waals surface area (Å²) in [5, 5.41) is 6.45. The smallest absolute Gasteiger partial charge is 0.0714 e. The van der Waals surface area contributed by atoms with Gasteiger partial charge in [-0.2, -0.15) is 0 Å². The number of benzene rings is 6. The summed E-state index contributed by atoms with van der Waals surface area (Å²) in [4.78, 5) is 4.89. The number of pyridine rings is 1. The summed E-state index contributed by atoms with van der Waals surface area (Å²) in [5.74, 6) is 0. The number of rotatable bonds is 2. The predicted octanol–water partition coefficient (Wildman–Crippen LogP) is 10.8. The van der Waals surface area contributed by atoms with Crippen molar-refractivity contribution in [1.29, 1.82) is 0 Å². The van der Waals surface area contributed by atoms with Crippen molar-refractivity contribution >= 4 is 32.4 Å². The van der Waals surface area contributed by atoms with E-state index in [1.807, 2.05) is 0 Å². The summed E-state index contributed by atoms with van der Waals surface area (Å²) in [6.45, 7) is 8.98. The summed E-state index contributed by atoms with van der Waals surface area (Å²) >= 11 is 0. The van der Waals surface area contributed by atoms with Gasteiger partial charge in [-0.05, 0) is 98.1 Å². The van der Waals surface area contributed by atoms with Crippen LogP contribution in [0, 0.1) is 13.8 Å². The molecule has 0 bridgehead atoms. The molecule has 0 unspecified atom stereocenters. The molecule has 196 valence electrons. The molecule has 8 rings (SSSR count). The Labute approximate surface area is 241 Å². The van der Waals surface area contributed by atoms with Crippen LogP contribution in [0.15, 0.2) is 115 Å². The predicted molar refractivity (Wildman–Crippen MR) is 175 cm³/mol. The molecular formula is C40H31N. The lowest BCUT2D eigenvalue weighted by Gasteiger charge is -2.35. The fourth-order valence-corrected chi connectivity index (χ4v) is 7.22. The van der Waals surface area contributed by atoms with Gasteiger partial charge in [0.05, 0.1) is 5.52 Å². The number of hydrogen-bond acceptors (Lipinski definition) is 1. The van der Waals surface area contributed by atoms with E-state index in [4.69, 9.17) is 4.98 Å². The molecule has 1 aromatic heterocycles. The highest BCUT2D eigenvalue weighted by Crippen LogP contribution is 2.51. The van der Waals surface area contributed by atoms with Crippen molar-refractivity contribution in [2.75, 3.05) is 0 Å². The molecule has 1 nitrogen and oxygen atoms in total. The van der Waals surface area contributed by atoms with E-state index in [0.29, 0.717) is 0 Å². The molecule has 0 saturated heterocycles. The largest absolute Gasteiger partial charge is 0.253 e. The van der Waals surface area contributed by atoms with E-state index in [1.165, 1.54) is 77.0 Å². The molecule has 7 aromatic rings. The zero-order chi connectivity index (χ0) is 27.9. The molecule has 0 fully saturated rings. The van der Waals surface area contributed by atoms with Gasteiger partial charge in [-0.25, -0.2) is 0 Å². The van der Waals surface area contributed by atoms with E-state index >= 15 is 0 Å². The maximum Gasteiger partial charge on any atom is 0.0714 e. The molecule has 0 saturated carbocycles. The van der Waals surface area contributed by atoms with Crippen LogP contribution < -0.4 is 0 Å². The Morgan fingerprint density at radius 1 is 0.512 bits per heavy atom. The minimum absolute atomic E-state index is 0.151. The van der Waals surface area contributed by atoms with Crippen molar-refractivity contribution in [3.63, 3.8) is 0 Å². The molecule has 0 amide bonds. The normalized spacial score (nSPS) is 13.6. The van der Waals surface area contributed by atoms with E-state index < -0.39 is 0 Å². The summed E-state index contributed by atoms with van der Waals surface area (Å²) in [6, 6.07) is 42.8. The van der Waals surface area contributed by atoms with Crippen LogP contribution in [0.25, 0.3) is 65.8 Å². The third kappa shape index (κ3) is 3.45. The zero-order valence-electron chi connectivity index (χ0n) is 23.9. The first kappa shape index (κ1) is 24.1. The summed E-state index contributed by atoms with van der Waals surface area (Å²) in [5.41, 5.74) is 13.8. The Bertz CT molecular complexity index is 2120. The van der Waals surface area contributed by atoms with Crippen LogP contribution in [0.1, 0.15) is 36.2 Å². The maximum atomic E-state index is 4.89. The SMILES string of the molecule is Cc1ccc(-c2c3ccccc3c(-c3ccc4c(c3)C(C)(C)c3cccc5nc(C)cc-4c35)c3ccccc23)cc1. The Hall–Kier alpha value is -4.75. The number of hydrogen-bond donors (Lipinski definition) is 0. The Balaban J connectivity index is 1.46. The molecule has 1 heteroatoms. The number of fused-ring (bicyclic) bond motifs is 4. The van der Waals surface area contributed by atoms with Crippen molar-refractivity contribution in [1.82, 2.24) is 4.98 Å². The standard InChI is InChI=1S/C40H31N/c1-24-16-18-26(19-17-24)37-29-10-5-7-12-31(29)38(32-13-8-6-11-30(32)37)27-20-21-28-33-22-25(2)41-36-15-9-14-34(39(33)36)40(3,4)35(28)23-27/h5-23H,1-4H3. The second-order valence-corrected chi connectivity index (χ2v) is 12.1. The molecule has 41 heavy (non-hydrogen) atoms. The molecule has 0 radical (unpaired) electrons. The second-order valence-electron chi connectivity index (χ2n) is 12.1. The molecular weight excluding hydrogens is 494 g/mol. The van der Waals surface area contributed by atoms with E-state index in [1.54, 1.807) is 0 Å². The highest BCUT2D eigenvalue weighted by atomic mass is 14.7. The van der Waals surface area contributed by atoms with Crippen molar-refractivity contribution in [3.8, 4) is 33.4 Å². The molecule has 0 spiro atoms. The van der Waals surface area contributed by atoms with Crippen molar-refractivity contribution in [3.05, 3.63) is 138 Å². The lowest BCUT2D eigenvalue weighted by Crippen LogP contribution is -2.24. The number of aryl methyl sites for hydroxylation is 2. The van der Waals surface area contributed by atoms with E-state index in [9.17, 15) is 0 Å². The van der Waals surface area contributed by atoms with E-state index in [0.717, 1.165) is 11.2 Å². The molecule has 1 aliphatic rings. The van der Waals surface area contributed by atoms with Crippen LogP contribution in [0.2, 0.25) is 0 Å². The first-order chi connectivity index (χ1) is 19.9. The van der Waals surface area contributed by atoms with Gasteiger partial charge in [-0.15, -0.1) is 0 Å². The van der Waals surface area contributed by atoms with E-state index in [2.05, 4.69) is 143 Å². The van der Waals surface area contributed by atoms with Gasteiger partial charge in [0.25, 0.3) is 0 Å². The first-order valence-electron chi connectivity index (χ1n) is 14.5. The summed E-state index contributed by atoms with van der Waals surface area (Å²) in [7, 11) is 0. The highest BCUT2D eigenvalue weighted by Gasteiger charge is 2.34. The fourth-order valence-electron chi connectivity index (χ4n) is 7.22. The van der Waals surface area contributed by atoms with Crippen molar-refractivity contribution in [2.45, 2.75) is 33.1 Å². The second kappa shape index (κ2) is 8.62. The van der Waals surface area contributed by atoms with Crippen LogP contribution in [0.4, 0.5) is 0 Å². The maximum absolute atomic E-state index is 4.89. The minimum atomic E-state index is -0.151. The Morgan fingerprint density at radius 3 is 1.73 bits per heavy atom. The average molecular weight is 526 g/mol. The summed E-state index contributed by atoms with van der Waals surface area (Å²) in [6.07, 6.45) is 0. The zero-order valence-corrected chi connectivity index (χ0v) is 23.9. The van der Waals surface area contributed by atoms with Crippen LogP contribution >= 0.6 is 0 Å². The van der Waals surface area contributed by atoms with Crippen LogP contribution in [0.5, 0.6) is 0 Å². The molecule has 6 aromatic carbocycles. The first-order valence-corrected chi connectivity index (χ1v) is 14.5. The Kier molecular flexibility index (Phi) is 5.06. The van der Waals surface area contributed by atoms with Crippen molar-refractivity contribution in [2.24, 2.45) is 0 Å². The van der Waals surface area contributed by atoms with Gasteiger partial charge in [0.15, 0.2) is 0 Å². The van der Waals surface area contributed by atoms with Gasteiger partial charge in [0.1, 0.15) is 0 Å². The monoisotopic (exact) mass is 525 g/mol. The third-order valence-corrected chi connectivity index (χ3v) is 9.18. The molecule has 0 aliphatic heterocycles. The van der Waals surface area contributed by atoms with Crippen LogP contribution in [0.3, 0.4) is 0 Å². The number of aromatic nitrogens is 1. The lowest BCUT2D eigenvalue weighted by molar-refractivity contribution is 0.645. The highest BCUT2D eigenvalue weighted by molar-refractivity contribution is 6.21. The average Bonchev–Trinajstić information content (AvgIpc) is 2.99.